The molecule has 0 aromatic carbocycles. The molecule has 1 rings (SSSR count). The number of hydrogen-bond donors (Lipinski definition) is 1. The molecule has 1 heterocycles. The molecule has 0 fully saturated rings. The lowest BCUT2D eigenvalue weighted by Gasteiger charge is -2.13. The second-order valence-corrected chi connectivity index (χ2v) is 4.02. The minimum absolute atomic E-state index is 0.00937. The van der Waals surface area contributed by atoms with Gasteiger partial charge in [-0.1, -0.05) is 0 Å². The Labute approximate surface area is 106 Å². The van der Waals surface area contributed by atoms with Crippen molar-refractivity contribution in [3.8, 4) is 5.88 Å². The van der Waals surface area contributed by atoms with Gasteiger partial charge in [-0.2, -0.15) is 0 Å². The van der Waals surface area contributed by atoms with Crippen molar-refractivity contribution in [1.82, 2.24) is 4.98 Å². The van der Waals surface area contributed by atoms with E-state index in [1.54, 1.807) is 22.6 Å². The van der Waals surface area contributed by atoms with Crippen molar-refractivity contribution < 1.29 is 26.7 Å². The lowest BCUT2D eigenvalue weighted by atomic mass is 10.2. The molecule has 0 aliphatic carbocycles. The topological polar surface area (TPSA) is 48.1 Å². The SMILES string of the molecule is NCc1c(I)cc(OC(F)(F)F)nc1C(F)F. The quantitative estimate of drug-likeness (QED) is 0.659. The highest BCUT2D eigenvalue weighted by molar-refractivity contribution is 14.1. The van der Waals surface area contributed by atoms with Gasteiger partial charge >= 0.3 is 6.36 Å². The number of halogens is 6. The summed E-state index contributed by atoms with van der Waals surface area (Å²) in [6, 6.07) is 0.905. The number of nitrogens with two attached hydrogens (primary N) is 1. The Morgan fingerprint density at radius 3 is 2.41 bits per heavy atom. The summed E-state index contributed by atoms with van der Waals surface area (Å²) in [6.45, 7) is -0.239. The Hall–Kier alpha value is -0.710. The van der Waals surface area contributed by atoms with Crippen LogP contribution in [0.25, 0.3) is 0 Å². The maximum Gasteiger partial charge on any atom is 0.574 e. The Bertz CT molecular complexity index is 410. The predicted molar refractivity (Wildman–Crippen MR) is 56.5 cm³/mol. The number of aromatic nitrogens is 1. The van der Waals surface area contributed by atoms with E-state index < -0.39 is 24.4 Å². The summed E-state index contributed by atoms with van der Waals surface area (Å²) in [5, 5.41) is 0. The third kappa shape index (κ3) is 3.91. The summed E-state index contributed by atoms with van der Waals surface area (Å²) in [6.07, 6.45) is -7.99. The second-order valence-electron chi connectivity index (χ2n) is 2.86. The number of nitrogens with zero attached hydrogens (tertiary/aromatic N) is 1. The van der Waals surface area contributed by atoms with E-state index in [0.29, 0.717) is 0 Å². The molecule has 0 aliphatic rings. The van der Waals surface area contributed by atoms with Gasteiger partial charge < -0.3 is 10.5 Å². The van der Waals surface area contributed by atoms with Crippen LogP contribution in [0.5, 0.6) is 5.88 Å². The van der Waals surface area contributed by atoms with Gasteiger partial charge in [-0.05, 0) is 22.6 Å². The molecule has 0 aliphatic heterocycles. The van der Waals surface area contributed by atoms with Crippen LogP contribution < -0.4 is 10.5 Å². The average Bonchev–Trinajstić information content (AvgIpc) is 2.13. The van der Waals surface area contributed by atoms with E-state index in [1.807, 2.05) is 0 Å². The van der Waals surface area contributed by atoms with Gasteiger partial charge in [0.1, 0.15) is 5.69 Å². The molecule has 0 radical (unpaired) electrons. The fraction of sp³-hybridized carbons (Fsp3) is 0.375. The summed E-state index contributed by atoms with van der Waals surface area (Å²) >= 11 is 1.60. The van der Waals surface area contributed by atoms with E-state index in [2.05, 4.69) is 9.72 Å². The van der Waals surface area contributed by atoms with Gasteiger partial charge in [0.05, 0.1) is 0 Å². The van der Waals surface area contributed by atoms with Crippen LogP contribution in [0.4, 0.5) is 22.0 Å². The lowest BCUT2D eigenvalue weighted by Crippen LogP contribution is -2.19. The van der Waals surface area contributed by atoms with E-state index in [1.165, 1.54) is 0 Å². The Kier molecular flexibility index (Phi) is 4.47. The third-order valence-electron chi connectivity index (χ3n) is 1.71. The molecule has 0 bridgehead atoms. The van der Waals surface area contributed by atoms with Crippen LogP contribution >= 0.6 is 22.6 Å². The first-order valence-electron chi connectivity index (χ1n) is 4.18. The van der Waals surface area contributed by atoms with Crippen molar-refractivity contribution in [1.29, 1.82) is 0 Å². The van der Waals surface area contributed by atoms with Gasteiger partial charge in [-0.3, -0.25) is 0 Å². The zero-order valence-corrected chi connectivity index (χ0v) is 10.2. The van der Waals surface area contributed by atoms with Crippen molar-refractivity contribution in [2.75, 3.05) is 0 Å². The van der Waals surface area contributed by atoms with Crippen LogP contribution in [-0.4, -0.2) is 11.3 Å². The minimum atomic E-state index is -4.97. The average molecular weight is 368 g/mol. The Morgan fingerprint density at radius 1 is 1.41 bits per heavy atom. The van der Waals surface area contributed by atoms with Gasteiger partial charge in [0.15, 0.2) is 0 Å². The molecule has 0 amide bonds. The first-order chi connectivity index (χ1) is 7.74. The number of pyridine rings is 1. The lowest BCUT2D eigenvalue weighted by molar-refractivity contribution is -0.276. The summed E-state index contributed by atoms with van der Waals surface area (Å²) in [7, 11) is 0. The number of ether oxygens (including phenoxy) is 1. The standard InChI is InChI=1S/C8H6F5IN2O/c9-7(10)6-3(2-15)4(14)1-5(16-6)17-8(11,12)13/h1,7H,2,15H2. The van der Waals surface area contributed by atoms with Gasteiger partial charge in [0.25, 0.3) is 6.43 Å². The molecule has 96 valence electrons. The predicted octanol–water partition coefficient (Wildman–Crippen LogP) is 2.98. The highest BCUT2D eigenvalue weighted by Gasteiger charge is 2.32. The number of hydrogen-bond acceptors (Lipinski definition) is 3. The van der Waals surface area contributed by atoms with Crippen LogP contribution in [0, 0.1) is 3.57 Å². The second kappa shape index (κ2) is 5.29. The van der Waals surface area contributed by atoms with Gasteiger partial charge in [0, 0.05) is 21.7 Å². The normalized spacial score (nSPS) is 12.0. The molecule has 2 N–H and O–H groups in total. The van der Waals surface area contributed by atoms with E-state index >= 15 is 0 Å². The molecular formula is C8H6F5IN2O. The number of alkyl halides is 5. The molecular weight excluding hydrogens is 362 g/mol. The van der Waals surface area contributed by atoms with Crippen molar-refractivity contribution in [2.24, 2.45) is 5.73 Å². The zero-order valence-electron chi connectivity index (χ0n) is 8.06. The first-order valence-corrected chi connectivity index (χ1v) is 5.25. The molecule has 0 unspecified atom stereocenters. The van der Waals surface area contributed by atoms with E-state index in [4.69, 9.17) is 5.73 Å². The molecule has 3 nitrogen and oxygen atoms in total. The molecule has 1 aromatic heterocycles. The highest BCUT2D eigenvalue weighted by Crippen LogP contribution is 2.30. The molecule has 1 aromatic rings. The van der Waals surface area contributed by atoms with Crippen LogP contribution in [0.2, 0.25) is 0 Å². The van der Waals surface area contributed by atoms with Gasteiger partial charge in [-0.15, -0.1) is 13.2 Å². The van der Waals surface area contributed by atoms with Crippen molar-refractivity contribution in [3.63, 3.8) is 0 Å². The van der Waals surface area contributed by atoms with Crippen LogP contribution in [0.15, 0.2) is 6.07 Å². The fourth-order valence-electron chi connectivity index (χ4n) is 1.09. The molecule has 0 spiro atoms. The van der Waals surface area contributed by atoms with Crippen molar-refractivity contribution in [3.05, 3.63) is 20.9 Å². The van der Waals surface area contributed by atoms with E-state index in [0.717, 1.165) is 6.07 Å². The molecule has 9 heteroatoms. The zero-order chi connectivity index (χ0) is 13.2. The molecule has 0 saturated heterocycles. The summed E-state index contributed by atoms with van der Waals surface area (Å²) in [4.78, 5) is 3.11. The summed E-state index contributed by atoms with van der Waals surface area (Å²) in [5.74, 6) is -0.922. The monoisotopic (exact) mass is 368 g/mol. The van der Waals surface area contributed by atoms with E-state index in [9.17, 15) is 22.0 Å². The Balaban J connectivity index is 3.20. The van der Waals surface area contributed by atoms with Crippen LogP contribution in [-0.2, 0) is 6.54 Å². The Morgan fingerprint density at radius 2 is 2.00 bits per heavy atom. The molecule has 0 atom stereocenters. The summed E-state index contributed by atoms with van der Waals surface area (Å²) < 4.78 is 64.5. The van der Waals surface area contributed by atoms with Crippen molar-refractivity contribution in [2.45, 2.75) is 19.3 Å². The largest absolute Gasteiger partial charge is 0.574 e. The maximum absolute atomic E-state index is 12.5. The fourth-order valence-corrected chi connectivity index (χ4v) is 1.85. The van der Waals surface area contributed by atoms with Crippen molar-refractivity contribution >= 4 is 22.6 Å². The maximum atomic E-state index is 12.5. The number of rotatable bonds is 3. The molecule has 0 saturated carbocycles. The van der Waals surface area contributed by atoms with E-state index in [-0.39, 0.29) is 15.7 Å². The third-order valence-corrected chi connectivity index (χ3v) is 2.67. The summed E-state index contributed by atoms with van der Waals surface area (Å²) in [5.41, 5.74) is 4.44. The van der Waals surface area contributed by atoms with Crippen LogP contribution in [0.1, 0.15) is 17.7 Å². The smallest absolute Gasteiger partial charge is 0.388 e. The van der Waals surface area contributed by atoms with Crippen LogP contribution in [0.3, 0.4) is 0 Å². The van der Waals surface area contributed by atoms with Gasteiger partial charge in [-0.25, -0.2) is 13.8 Å². The first kappa shape index (κ1) is 14.4. The minimum Gasteiger partial charge on any atom is -0.388 e. The van der Waals surface area contributed by atoms with Gasteiger partial charge in [0.2, 0.25) is 5.88 Å². The highest BCUT2D eigenvalue weighted by atomic mass is 127. The molecule has 17 heavy (non-hydrogen) atoms.